The van der Waals surface area contributed by atoms with Crippen molar-refractivity contribution in [1.29, 1.82) is 0 Å². The van der Waals surface area contributed by atoms with Crippen LogP contribution < -0.4 is 5.32 Å². The minimum atomic E-state index is -0.398. The molecule has 0 bridgehead atoms. The highest BCUT2D eigenvalue weighted by atomic mass is 16.5. The Balaban J connectivity index is 2.19. The summed E-state index contributed by atoms with van der Waals surface area (Å²) >= 11 is 0. The molecule has 3 nitrogen and oxygen atoms in total. The van der Waals surface area contributed by atoms with E-state index in [9.17, 15) is 4.79 Å². The molecule has 0 aliphatic carbocycles. The van der Waals surface area contributed by atoms with Gasteiger partial charge in [0, 0.05) is 0 Å². The van der Waals surface area contributed by atoms with E-state index >= 15 is 0 Å². The molecule has 1 N–H and O–H groups in total. The van der Waals surface area contributed by atoms with Gasteiger partial charge in [0.05, 0.1) is 6.04 Å². The zero-order valence-corrected chi connectivity index (χ0v) is 14.2. The molecule has 1 rings (SSSR count). The highest BCUT2D eigenvalue weighted by Gasteiger charge is 2.09. The first-order valence-electron chi connectivity index (χ1n) is 8.51. The first-order valence-corrected chi connectivity index (χ1v) is 8.51. The van der Waals surface area contributed by atoms with Crippen LogP contribution in [0, 0.1) is 0 Å². The van der Waals surface area contributed by atoms with Crippen LogP contribution in [0.2, 0.25) is 0 Å². The largest absolute Gasteiger partial charge is 0.445 e. The van der Waals surface area contributed by atoms with Crippen LogP contribution >= 0.6 is 0 Å². The highest BCUT2D eigenvalue weighted by molar-refractivity contribution is 5.67. The molecular formula is C20H29NO2. The number of allylic oxidation sites excluding steroid dienone is 2. The lowest BCUT2D eigenvalue weighted by molar-refractivity contribution is 0.137. The lowest BCUT2D eigenvalue weighted by Gasteiger charge is -2.14. The summed E-state index contributed by atoms with van der Waals surface area (Å²) < 4.78 is 5.22. The van der Waals surface area contributed by atoms with Crippen LogP contribution in [0.3, 0.4) is 0 Å². The van der Waals surface area contributed by atoms with Gasteiger partial charge in [-0.25, -0.2) is 4.79 Å². The smallest absolute Gasteiger partial charge is 0.407 e. The Bertz CT molecular complexity index is 468. The summed E-state index contributed by atoms with van der Waals surface area (Å²) in [5, 5.41) is 2.84. The van der Waals surface area contributed by atoms with Crippen molar-refractivity contribution in [3.63, 3.8) is 0 Å². The fourth-order valence-corrected chi connectivity index (χ4v) is 2.19. The van der Waals surface area contributed by atoms with Crippen LogP contribution in [0.5, 0.6) is 0 Å². The van der Waals surface area contributed by atoms with E-state index in [-0.39, 0.29) is 12.6 Å². The van der Waals surface area contributed by atoms with Gasteiger partial charge in [-0.1, -0.05) is 68.3 Å². The van der Waals surface area contributed by atoms with Crippen LogP contribution in [-0.4, -0.2) is 12.1 Å². The molecule has 23 heavy (non-hydrogen) atoms. The first-order chi connectivity index (χ1) is 11.3. The minimum absolute atomic E-state index is 0.0569. The number of nitrogens with one attached hydrogen (secondary N) is 1. The maximum absolute atomic E-state index is 11.8. The highest BCUT2D eigenvalue weighted by Crippen LogP contribution is 2.05. The van der Waals surface area contributed by atoms with Crippen molar-refractivity contribution in [3.8, 4) is 0 Å². The summed E-state index contributed by atoms with van der Waals surface area (Å²) in [6.07, 6.45) is 12.5. The maximum atomic E-state index is 11.8. The lowest BCUT2D eigenvalue weighted by atomic mass is 10.1. The second kappa shape index (κ2) is 12.5. The van der Waals surface area contributed by atoms with Crippen molar-refractivity contribution in [2.24, 2.45) is 0 Å². The molecule has 0 saturated carbocycles. The molecule has 0 aliphatic heterocycles. The zero-order valence-electron chi connectivity index (χ0n) is 14.2. The van der Waals surface area contributed by atoms with Crippen molar-refractivity contribution >= 4 is 6.09 Å². The van der Waals surface area contributed by atoms with Gasteiger partial charge in [-0.05, 0) is 31.2 Å². The number of hydrogen-bond acceptors (Lipinski definition) is 2. The Hall–Kier alpha value is -2.03. The standard InChI is InChI=1S/C20H29NO2/c1-3-5-6-7-8-9-13-16-19(4-2)21-20(22)23-17-18-14-11-10-12-15-18/h4,8-12,14-15,19H,2-3,5-7,13,16-17H2,1H3,(H,21,22)/b9-8+. The fourth-order valence-electron chi connectivity index (χ4n) is 2.19. The fraction of sp³-hybridized carbons (Fsp3) is 0.450. The Labute approximate surface area is 140 Å². The van der Waals surface area contributed by atoms with E-state index < -0.39 is 6.09 Å². The van der Waals surface area contributed by atoms with Gasteiger partial charge >= 0.3 is 6.09 Å². The molecule has 0 radical (unpaired) electrons. The first kappa shape index (κ1) is 19.0. The van der Waals surface area contributed by atoms with E-state index in [4.69, 9.17) is 4.74 Å². The number of carbonyl (C=O) groups is 1. The molecule has 1 unspecified atom stereocenters. The summed E-state index contributed by atoms with van der Waals surface area (Å²) in [7, 11) is 0. The van der Waals surface area contributed by atoms with E-state index in [0.717, 1.165) is 24.8 Å². The Morgan fingerprint density at radius 2 is 1.96 bits per heavy atom. The predicted molar refractivity (Wildman–Crippen MR) is 96.3 cm³/mol. The van der Waals surface area contributed by atoms with Gasteiger partial charge in [0.1, 0.15) is 6.61 Å². The Morgan fingerprint density at radius 1 is 1.22 bits per heavy atom. The van der Waals surface area contributed by atoms with E-state index in [1.165, 1.54) is 19.3 Å². The molecule has 1 atom stereocenters. The molecule has 0 aliphatic rings. The van der Waals surface area contributed by atoms with Crippen molar-refractivity contribution in [2.45, 2.75) is 58.1 Å². The zero-order chi connectivity index (χ0) is 16.8. The number of carbonyl (C=O) groups excluding carboxylic acids is 1. The molecule has 126 valence electrons. The van der Waals surface area contributed by atoms with Crippen molar-refractivity contribution < 1.29 is 9.53 Å². The second-order valence-corrected chi connectivity index (χ2v) is 5.59. The number of benzene rings is 1. The predicted octanol–water partition coefficient (Wildman–Crippen LogP) is 5.38. The summed E-state index contributed by atoms with van der Waals surface area (Å²) in [5.41, 5.74) is 0.979. The van der Waals surface area contributed by atoms with Crippen molar-refractivity contribution in [2.75, 3.05) is 0 Å². The van der Waals surface area contributed by atoms with Crippen LogP contribution in [0.4, 0.5) is 4.79 Å². The molecule has 3 heteroatoms. The Morgan fingerprint density at radius 3 is 2.65 bits per heavy atom. The summed E-state index contributed by atoms with van der Waals surface area (Å²) in [5.74, 6) is 0. The van der Waals surface area contributed by atoms with Crippen LogP contribution in [-0.2, 0) is 11.3 Å². The monoisotopic (exact) mass is 315 g/mol. The second-order valence-electron chi connectivity index (χ2n) is 5.59. The van der Waals surface area contributed by atoms with E-state index in [0.29, 0.717) is 0 Å². The molecule has 0 spiro atoms. The molecule has 0 fully saturated rings. The average Bonchev–Trinajstić information content (AvgIpc) is 2.59. The van der Waals surface area contributed by atoms with Crippen LogP contribution in [0.25, 0.3) is 0 Å². The molecular weight excluding hydrogens is 286 g/mol. The number of hydrogen-bond donors (Lipinski definition) is 1. The Kier molecular flexibility index (Phi) is 10.3. The third-order valence-electron chi connectivity index (χ3n) is 3.59. The summed E-state index contributed by atoms with van der Waals surface area (Å²) in [6, 6.07) is 9.60. The maximum Gasteiger partial charge on any atom is 0.407 e. The van der Waals surface area contributed by atoms with Gasteiger partial charge in [-0.3, -0.25) is 0 Å². The van der Waals surface area contributed by atoms with E-state index in [1.54, 1.807) is 6.08 Å². The molecule has 0 saturated heterocycles. The SMILES string of the molecule is C=CC(CC/C=C/CCCCC)NC(=O)OCc1ccccc1. The van der Waals surface area contributed by atoms with Crippen LogP contribution in [0.15, 0.2) is 55.1 Å². The van der Waals surface area contributed by atoms with E-state index in [1.807, 2.05) is 30.3 Å². The summed E-state index contributed by atoms with van der Waals surface area (Å²) in [4.78, 5) is 11.8. The van der Waals surface area contributed by atoms with Crippen molar-refractivity contribution in [3.05, 3.63) is 60.7 Å². The molecule has 1 aromatic carbocycles. The minimum Gasteiger partial charge on any atom is -0.445 e. The van der Waals surface area contributed by atoms with Crippen molar-refractivity contribution in [1.82, 2.24) is 5.32 Å². The number of unbranched alkanes of at least 4 members (excludes halogenated alkanes) is 3. The molecule has 1 aromatic rings. The normalized spacial score (nSPS) is 12.0. The number of alkyl carbamates (subject to hydrolysis) is 1. The van der Waals surface area contributed by atoms with Crippen LogP contribution in [0.1, 0.15) is 51.0 Å². The molecule has 1 amide bonds. The van der Waals surface area contributed by atoms with Gasteiger partial charge < -0.3 is 10.1 Å². The van der Waals surface area contributed by atoms with Gasteiger partial charge in [-0.15, -0.1) is 6.58 Å². The van der Waals surface area contributed by atoms with Gasteiger partial charge in [0.25, 0.3) is 0 Å². The van der Waals surface area contributed by atoms with Gasteiger partial charge in [-0.2, -0.15) is 0 Å². The van der Waals surface area contributed by atoms with Gasteiger partial charge in [0.15, 0.2) is 0 Å². The molecule has 0 aromatic heterocycles. The molecule has 0 heterocycles. The third-order valence-corrected chi connectivity index (χ3v) is 3.59. The van der Waals surface area contributed by atoms with E-state index in [2.05, 4.69) is 31.0 Å². The average molecular weight is 315 g/mol. The quantitative estimate of drug-likeness (QED) is 0.439. The number of ether oxygens (including phenoxy) is 1. The van der Waals surface area contributed by atoms with Gasteiger partial charge in [0.2, 0.25) is 0 Å². The lowest BCUT2D eigenvalue weighted by Crippen LogP contribution is -2.33. The topological polar surface area (TPSA) is 38.3 Å². The number of rotatable bonds is 11. The third kappa shape index (κ3) is 9.56. The summed E-state index contributed by atoms with van der Waals surface area (Å²) in [6.45, 7) is 6.27. The number of amides is 1.